The van der Waals surface area contributed by atoms with Crippen molar-refractivity contribution in [3.05, 3.63) is 35.4 Å². The Morgan fingerprint density at radius 1 is 1.13 bits per heavy atom. The summed E-state index contributed by atoms with van der Waals surface area (Å²) in [6, 6.07) is 8.12. The van der Waals surface area contributed by atoms with Gasteiger partial charge in [0.25, 0.3) is 0 Å². The van der Waals surface area contributed by atoms with Crippen LogP contribution in [-0.2, 0) is 0 Å². The van der Waals surface area contributed by atoms with Gasteiger partial charge >= 0.3 is 0 Å². The molecule has 0 radical (unpaired) electrons. The third-order valence-corrected chi connectivity index (χ3v) is 4.48. The van der Waals surface area contributed by atoms with Gasteiger partial charge in [0.2, 0.25) is 0 Å². The van der Waals surface area contributed by atoms with Crippen LogP contribution in [0.15, 0.2) is 24.3 Å². The van der Waals surface area contributed by atoms with Crippen molar-refractivity contribution in [2.45, 2.75) is 40.5 Å². The first kappa shape index (κ1) is 17.6. The number of rotatable bonds is 7. The number of benzene rings is 2. The van der Waals surface area contributed by atoms with Gasteiger partial charge in [-0.2, -0.15) is 0 Å². The number of likely N-dealkylation sites (N-methyl/N-ethyl adjacent to an activating group) is 1. The number of hydrogen-bond donors (Lipinski definition) is 1. The molecule has 2 rings (SSSR count). The molecule has 0 aliphatic rings. The third-order valence-electron chi connectivity index (χ3n) is 4.48. The maximum Gasteiger partial charge on any atom is 0.130 e. The Hall–Kier alpha value is -1.74. The Morgan fingerprint density at radius 2 is 1.83 bits per heavy atom. The highest BCUT2D eigenvalue weighted by Crippen LogP contribution is 2.36. The first-order valence-corrected chi connectivity index (χ1v) is 8.59. The van der Waals surface area contributed by atoms with Crippen LogP contribution in [0.25, 0.3) is 10.8 Å². The largest absolute Gasteiger partial charge is 0.508 e. The predicted octanol–water partition coefficient (Wildman–Crippen LogP) is 4.70. The highest BCUT2D eigenvalue weighted by molar-refractivity contribution is 5.91. The molecule has 3 nitrogen and oxygen atoms in total. The number of aryl methyl sites for hydroxylation is 1. The quantitative estimate of drug-likeness (QED) is 0.804. The summed E-state index contributed by atoms with van der Waals surface area (Å²) in [5.74, 6) is 1.54. The molecular formula is C20H29NO2. The minimum atomic E-state index is 0.299. The van der Waals surface area contributed by atoms with E-state index in [0.717, 1.165) is 47.3 Å². The molecule has 0 aliphatic carbocycles. The van der Waals surface area contributed by atoms with Crippen LogP contribution < -0.4 is 4.74 Å². The SMILES string of the molecule is CCN(CC)CCOc1c(C)ccc2cc(C(C)C)c(O)cc12. The van der Waals surface area contributed by atoms with Gasteiger partial charge in [0.1, 0.15) is 18.1 Å². The maximum atomic E-state index is 10.3. The highest BCUT2D eigenvalue weighted by atomic mass is 16.5. The van der Waals surface area contributed by atoms with E-state index in [1.165, 1.54) is 0 Å². The first-order chi connectivity index (χ1) is 11.0. The van der Waals surface area contributed by atoms with Gasteiger partial charge in [0, 0.05) is 11.9 Å². The fourth-order valence-corrected chi connectivity index (χ4v) is 2.93. The van der Waals surface area contributed by atoms with Crippen LogP contribution in [0.3, 0.4) is 0 Å². The number of aromatic hydroxyl groups is 1. The second kappa shape index (κ2) is 7.69. The molecule has 0 unspecified atom stereocenters. The zero-order valence-electron chi connectivity index (χ0n) is 15.0. The molecule has 0 atom stereocenters. The molecule has 2 aromatic rings. The molecule has 2 aromatic carbocycles. The molecule has 0 saturated heterocycles. The monoisotopic (exact) mass is 315 g/mol. The Morgan fingerprint density at radius 3 is 2.43 bits per heavy atom. The van der Waals surface area contributed by atoms with Crippen molar-refractivity contribution in [1.29, 1.82) is 0 Å². The van der Waals surface area contributed by atoms with Crippen molar-refractivity contribution in [2.24, 2.45) is 0 Å². The van der Waals surface area contributed by atoms with E-state index in [2.05, 4.69) is 57.7 Å². The highest BCUT2D eigenvalue weighted by Gasteiger charge is 2.12. The van der Waals surface area contributed by atoms with Gasteiger partial charge in [-0.1, -0.05) is 39.8 Å². The summed E-state index contributed by atoms with van der Waals surface area (Å²) in [5, 5.41) is 12.4. The Bertz CT molecular complexity index is 660. The minimum absolute atomic E-state index is 0.299. The van der Waals surface area contributed by atoms with E-state index in [1.54, 1.807) is 0 Å². The Kier molecular flexibility index (Phi) is 5.89. The lowest BCUT2D eigenvalue weighted by atomic mass is 9.96. The van der Waals surface area contributed by atoms with Crippen molar-refractivity contribution in [3.63, 3.8) is 0 Å². The van der Waals surface area contributed by atoms with E-state index in [1.807, 2.05) is 6.07 Å². The van der Waals surface area contributed by atoms with E-state index in [-0.39, 0.29) is 0 Å². The van der Waals surface area contributed by atoms with Gasteiger partial charge in [-0.3, -0.25) is 0 Å². The average molecular weight is 315 g/mol. The predicted molar refractivity (Wildman–Crippen MR) is 97.7 cm³/mol. The van der Waals surface area contributed by atoms with Crippen molar-refractivity contribution in [1.82, 2.24) is 4.90 Å². The zero-order chi connectivity index (χ0) is 17.0. The van der Waals surface area contributed by atoms with Gasteiger partial charge in [-0.05, 0) is 54.6 Å². The number of phenols is 1. The molecule has 126 valence electrons. The molecule has 1 N–H and O–H groups in total. The van der Waals surface area contributed by atoms with Crippen LogP contribution in [0.4, 0.5) is 0 Å². The number of fused-ring (bicyclic) bond motifs is 1. The molecule has 0 aromatic heterocycles. The lowest BCUT2D eigenvalue weighted by Gasteiger charge is -2.20. The first-order valence-electron chi connectivity index (χ1n) is 8.59. The molecular weight excluding hydrogens is 286 g/mol. The molecule has 0 spiro atoms. The summed E-state index contributed by atoms with van der Waals surface area (Å²) in [5.41, 5.74) is 2.09. The Balaban J connectivity index is 2.31. The fraction of sp³-hybridized carbons (Fsp3) is 0.500. The molecule has 0 heterocycles. The Labute approximate surface area is 139 Å². The van der Waals surface area contributed by atoms with Crippen molar-refractivity contribution >= 4 is 10.8 Å². The summed E-state index contributed by atoms with van der Waals surface area (Å²) >= 11 is 0. The number of phenolic OH excluding ortho intramolecular Hbond substituents is 1. The van der Waals surface area contributed by atoms with E-state index >= 15 is 0 Å². The molecule has 0 saturated carbocycles. The molecule has 23 heavy (non-hydrogen) atoms. The lowest BCUT2D eigenvalue weighted by Crippen LogP contribution is -2.28. The number of nitrogens with zero attached hydrogens (tertiary/aromatic N) is 1. The van der Waals surface area contributed by atoms with Crippen molar-refractivity contribution < 1.29 is 9.84 Å². The summed E-state index contributed by atoms with van der Waals surface area (Å²) < 4.78 is 6.09. The zero-order valence-corrected chi connectivity index (χ0v) is 15.0. The lowest BCUT2D eigenvalue weighted by molar-refractivity contribution is 0.223. The van der Waals surface area contributed by atoms with Crippen LogP contribution in [0.2, 0.25) is 0 Å². The van der Waals surface area contributed by atoms with Gasteiger partial charge in [0.05, 0.1) is 0 Å². The van der Waals surface area contributed by atoms with Gasteiger partial charge in [0.15, 0.2) is 0 Å². The van der Waals surface area contributed by atoms with Crippen LogP contribution in [0, 0.1) is 6.92 Å². The van der Waals surface area contributed by atoms with Crippen LogP contribution in [0.1, 0.15) is 44.7 Å². The fourth-order valence-electron chi connectivity index (χ4n) is 2.93. The standard InChI is InChI=1S/C20H29NO2/c1-6-21(7-2)10-11-23-20-15(5)8-9-16-12-17(14(3)4)19(22)13-18(16)20/h8-9,12-14,22H,6-7,10-11H2,1-5H3. The topological polar surface area (TPSA) is 32.7 Å². The third kappa shape index (κ3) is 3.97. The molecule has 0 aliphatic heterocycles. The van der Waals surface area contributed by atoms with Crippen LogP contribution in [0.5, 0.6) is 11.5 Å². The van der Waals surface area contributed by atoms with Crippen LogP contribution in [-0.4, -0.2) is 36.2 Å². The summed E-state index contributed by atoms with van der Waals surface area (Å²) in [4.78, 5) is 2.34. The van der Waals surface area contributed by atoms with E-state index in [4.69, 9.17) is 4.74 Å². The van der Waals surface area contributed by atoms with Gasteiger partial charge in [-0.25, -0.2) is 0 Å². The van der Waals surface area contributed by atoms with E-state index < -0.39 is 0 Å². The molecule has 0 bridgehead atoms. The van der Waals surface area contributed by atoms with Gasteiger partial charge < -0.3 is 14.7 Å². The van der Waals surface area contributed by atoms with E-state index in [9.17, 15) is 5.11 Å². The molecule has 0 fully saturated rings. The minimum Gasteiger partial charge on any atom is -0.508 e. The number of ether oxygens (including phenoxy) is 1. The normalized spacial score (nSPS) is 11.6. The van der Waals surface area contributed by atoms with Crippen molar-refractivity contribution in [3.8, 4) is 11.5 Å². The summed E-state index contributed by atoms with van der Waals surface area (Å²) in [6.45, 7) is 14.2. The van der Waals surface area contributed by atoms with Crippen molar-refractivity contribution in [2.75, 3.05) is 26.2 Å². The number of hydrogen-bond acceptors (Lipinski definition) is 3. The van der Waals surface area contributed by atoms with E-state index in [0.29, 0.717) is 18.3 Å². The second-order valence-electron chi connectivity index (χ2n) is 6.37. The summed E-state index contributed by atoms with van der Waals surface area (Å²) in [7, 11) is 0. The average Bonchev–Trinajstić information content (AvgIpc) is 2.52. The van der Waals surface area contributed by atoms with Crippen LogP contribution >= 0.6 is 0 Å². The molecule has 0 amide bonds. The summed E-state index contributed by atoms with van der Waals surface area (Å²) in [6.07, 6.45) is 0. The second-order valence-corrected chi connectivity index (χ2v) is 6.37. The maximum absolute atomic E-state index is 10.3. The van der Waals surface area contributed by atoms with Gasteiger partial charge in [-0.15, -0.1) is 0 Å². The molecule has 3 heteroatoms. The smallest absolute Gasteiger partial charge is 0.130 e.